The maximum Gasteiger partial charge on any atom is 0.227 e. The smallest absolute Gasteiger partial charge is 0.227 e. The predicted octanol–water partition coefficient (Wildman–Crippen LogP) is 5.88. The molecule has 0 unspecified atom stereocenters. The zero-order valence-electron chi connectivity index (χ0n) is 28.2. The number of amides is 3. The molecule has 5 rings (SSSR count). The molecular weight excluding hydrogens is 576 g/mol. The number of carbonyl (C=O) groups excluding carboxylic acids is 3. The molecule has 0 spiro atoms. The quantitative estimate of drug-likeness (QED) is 0.418. The Hall–Kier alpha value is -2.16. The molecule has 4 fully saturated rings. The zero-order chi connectivity index (χ0) is 32.5. The molecule has 3 aliphatic heterocycles. The molecule has 3 heterocycles. The van der Waals surface area contributed by atoms with Crippen LogP contribution in [0.15, 0.2) is 30.3 Å². The summed E-state index contributed by atoms with van der Waals surface area (Å²) >= 11 is 5.54. The van der Waals surface area contributed by atoms with E-state index in [0.717, 1.165) is 63.0 Å². The van der Waals surface area contributed by atoms with Gasteiger partial charge in [-0.3, -0.25) is 19.3 Å². The van der Waals surface area contributed by atoms with Gasteiger partial charge >= 0.3 is 0 Å². The van der Waals surface area contributed by atoms with Gasteiger partial charge in [0.05, 0.1) is 19.1 Å². The van der Waals surface area contributed by atoms with E-state index in [4.69, 9.17) is 16.3 Å². The first-order chi connectivity index (χ1) is 20.9. The molecule has 44 heavy (non-hydrogen) atoms. The first-order valence-electron chi connectivity index (χ1n) is 16.7. The molecule has 3 amide bonds. The monoisotopic (exact) mass is 634 g/mol. The van der Waals surface area contributed by atoms with E-state index in [2.05, 4.69) is 42.8 Å². The Labute approximate surface area is 272 Å². The summed E-state index contributed by atoms with van der Waals surface area (Å²) in [6.45, 7) is 19.8. The second kappa shape index (κ2) is 20.1. The fourth-order valence-corrected chi connectivity index (χ4v) is 5.78. The number of ether oxygens (including phenoxy) is 1. The van der Waals surface area contributed by atoms with Crippen molar-refractivity contribution in [3.8, 4) is 0 Å². The maximum atomic E-state index is 12.2. The van der Waals surface area contributed by atoms with Crippen molar-refractivity contribution in [3.05, 3.63) is 35.4 Å². The number of hydrogen-bond donors (Lipinski definition) is 1. The van der Waals surface area contributed by atoms with Crippen LogP contribution in [-0.4, -0.2) is 97.0 Å². The average Bonchev–Trinajstić information content (AvgIpc) is 3.73. The van der Waals surface area contributed by atoms with Crippen molar-refractivity contribution in [2.24, 2.45) is 17.8 Å². The van der Waals surface area contributed by atoms with Crippen molar-refractivity contribution in [2.45, 2.75) is 98.1 Å². The summed E-state index contributed by atoms with van der Waals surface area (Å²) < 4.78 is 5.00. The van der Waals surface area contributed by atoms with Crippen LogP contribution < -0.4 is 5.32 Å². The molecule has 3 saturated heterocycles. The Morgan fingerprint density at radius 1 is 0.932 bits per heavy atom. The Morgan fingerprint density at radius 3 is 1.95 bits per heavy atom. The van der Waals surface area contributed by atoms with Crippen LogP contribution >= 0.6 is 11.6 Å². The first kappa shape index (κ1) is 38.0. The van der Waals surface area contributed by atoms with Gasteiger partial charge < -0.3 is 19.9 Å². The molecule has 250 valence electrons. The van der Waals surface area contributed by atoms with E-state index in [0.29, 0.717) is 25.2 Å². The third-order valence-corrected chi connectivity index (χ3v) is 8.97. The van der Waals surface area contributed by atoms with Crippen LogP contribution in [0.3, 0.4) is 0 Å². The first-order valence-corrected chi connectivity index (χ1v) is 17.1. The molecule has 1 N–H and O–H groups in total. The molecule has 9 heteroatoms. The number of halogens is 1. The lowest BCUT2D eigenvalue weighted by atomic mass is 9.87. The largest absolute Gasteiger partial charge is 0.378 e. The van der Waals surface area contributed by atoms with Crippen LogP contribution in [0.25, 0.3) is 0 Å². The SMILES string of the molecule is CC(C)(C)N1CC[C@H](C(=O)N2CCCC2)C1.CC1CCC(NC(=O)C(C)C)CC1.Clc1ccccc1.O=CN1CCOCC1. The van der Waals surface area contributed by atoms with Crippen LogP contribution in [0.4, 0.5) is 0 Å². The Balaban J connectivity index is 0.000000216. The van der Waals surface area contributed by atoms with E-state index in [1.165, 1.54) is 38.5 Å². The van der Waals surface area contributed by atoms with Gasteiger partial charge in [0.2, 0.25) is 18.2 Å². The topological polar surface area (TPSA) is 82.2 Å². The number of morpholine rings is 1. The van der Waals surface area contributed by atoms with Gasteiger partial charge in [-0.15, -0.1) is 0 Å². The molecule has 0 radical (unpaired) electrons. The van der Waals surface area contributed by atoms with Crippen molar-refractivity contribution >= 4 is 29.8 Å². The van der Waals surface area contributed by atoms with Crippen molar-refractivity contribution in [3.63, 3.8) is 0 Å². The molecule has 1 aromatic rings. The van der Waals surface area contributed by atoms with E-state index < -0.39 is 0 Å². The predicted molar refractivity (Wildman–Crippen MR) is 180 cm³/mol. The minimum Gasteiger partial charge on any atom is -0.378 e. The van der Waals surface area contributed by atoms with Crippen LogP contribution in [-0.2, 0) is 19.1 Å². The summed E-state index contributed by atoms with van der Waals surface area (Å²) in [5, 5.41) is 3.89. The van der Waals surface area contributed by atoms with Gasteiger partial charge in [0, 0.05) is 55.2 Å². The normalized spacial score (nSPS) is 23.8. The second-order valence-electron chi connectivity index (χ2n) is 13.8. The highest BCUT2D eigenvalue weighted by molar-refractivity contribution is 6.30. The highest BCUT2D eigenvalue weighted by Gasteiger charge is 2.36. The summed E-state index contributed by atoms with van der Waals surface area (Å²) in [5.74, 6) is 1.85. The molecule has 1 aliphatic carbocycles. The minimum atomic E-state index is 0.124. The van der Waals surface area contributed by atoms with Gasteiger partial charge in [-0.05, 0) is 90.3 Å². The third kappa shape index (κ3) is 14.7. The molecular formula is C35H59ClN4O4. The summed E-state index contributed by atoms with van der Waals surface area (Å²) in [7, 11) is 0. The molecule has 1 saturated carbocycles. The highest BCUT2D eigenvalue weighted by Crippen LogP contribution is 2.27. The average molecular weight is 635 g/mol. The number of carbonyl (C=O) groups is 3. The van der Waals surface area contributed by atoms with Gasteiger partial charge in [0.1, 0.15) is 0 Å². The van der Waals surface area contributed by atoms with Crippen LogP contribution in [0.2, 0.25) is 5.02 Å². The van der Waals surface area contributed by atoms with E-state index in [1.54, 1.807) is 4.90 Å². The minimum absolute atomic E-state index is 0.124. The van der Waals surface area contributed by atoms with Gasteiger partial charge in [-0.1, -0.05) is 50.6 Å². The summed E-state index contributed by atoms with van der Waals surface area (Å²) in [6, 6.07) is 9.89. The second-order valence-corrected chi connectivity index (χ2v) is 14.2. The fraction of sp³-hybridized carbons (Fsp3) is 0.743. The lowest BCUT2D eigenvalue weighted by Gasteiger charge is -2.31. The van der Waals surface area contributed by atoms with Crippen LogP contribution in [0, 0.1) is 17.8 Å². The number of rotatable bonds is 4. The number of benzene rings is 1. The van der Waals surface area contributed by atoms with E-state index >= 15 is 0 Å². The number of hydrogen-bond acceptors (Lipinski definition) is 5. The summed E-state index contributed by atoms with van der Waals surface area (Å²) in [5.41, 5.74) is 0.208. The summed E-state index contributed by atoms with van der Waals surface area (Å²) in [6.07, 6.45) is 9.17. The third-order valence-electron chi connectivity index (χ3n) is 8.72. The Bertz CT molecular complexity index is 951. The Kier molecular flexibility index (Phi) is 17.3. The van der Waals surface area contributed by atoms with Crippen LogP contribution in [0.1, 0.15) is 86.5 Å². The number of nitrogens with zero attached hydrogens (tertiary/aromatic N) is 3. The molecule has 1 aromatic carbocycles. The lowest BCUT2D eigenvalue weighted by Crippen LogP contribution is -2.41. The van der Waals surface area contributed by atoms with Gasteiger partial charge in [-0.25, -0.2) is 0 Å². The highest BCUT2D eigenvalue weighted by atomic mass is 35.5. The molecule has 1 atom stereocenters. The number of nitrogens with one attached hydrogen (secondary N) is 1. The van der Waals surface area contributed by atoms with E-state index in [-0.39, 0.29) is 23.3 Å². The molecule has 8 nitrogen and oxygen atoms in total. The van der Waals surface area contributed by atoms with Gasteiger partial charge in [0.15, 0.2) is 0 Å². The number of likely N-dealkylation sites (tertiary alicyclic amines) is 2. The van der Waals surface area contributed by atoms with Crippen molar-refractivity contribution in [1.29, 1.82) is 0 Å². The maximum absolute atomic E-state index is 12.2. The molecule has 0 bridgehead atoms. The standard InChI is InChI=1S/C13H24N2O.C11H21NO.C6H5Cl.C5H9NO2/c1-13(2,3)15-9-6-11(10-15)12(16)14-7-4-5-8-14;1-8(2)11(13)12-10-6-4-9(3)5-7-10;7-6-4-2-1-3-5-6;7-5-6-1-3-8-4-2-6/h11H,4-10H2,1-3H3;8-10H,4-7H2,1-3H3,(H,12,13);1-5H;5H,1-4H2/t11-;;;/m0.../s1. The van der Waals surface area contributed by atoms with Crippen molar-refractivity contribution in [2.75, 3.05) is 52.5 Å². The fourth-order valence-electron chi connectivity index (χ4n) is 5.64. The molecule has 0 aromatic heterocycles. The van der Waals surface area contributed by atoms with E-state index in [1.807, 2.05) is 44.2 Å². The Morgan fingerprint density at radius 2 is 1.52 bits per heavy atom. The zero-order valence-corrected chi connectivity index (χ0v) is 29.0. The molecule has 4 aliphatic rings. The van der Waals surface area contributed by atoms with E-state index in [9.17, 15) is 14.4 Å². The van der Waals surface area contributed by atoms with Gasteiger partial charge in [0.25, 0.3) is 0 Å². The van der Waals surface area contributed by atoms with Gasteiger partial charge in [-0.2, -0.15) is 0 Å². The van der Waals surface area contributed by atoms with Crippen molar-refractivity contribution < 1.29 is 19.1 Å². The van der Waals surface area contributed by atoms with Crippen LogP contribution in [0.5, 0.6) is 0 Å². The summed E-state index contributed by atoms with van der Waals surface area (Å²) in [4.78, 5) is 39.8. The lowest BCUT2D eigenvalue weighted by molar-refractivity contribution is -0.134. The van der Waals surface area contributed by atoms with Crippen molar-refractivity contribution in [1.82, 2.24) is 20.0 Å².